The van der Waals surface area contributed by atoms with Gasteiger partial charge in [-0.15, -0.1) is 0 Å². The van der Waals surface area contributed by atoms with E-state index in [9.17, 15) is 5.11 Å². The van der Waals surface area contributed by atoms with Gasteiger partial charge in [0.05, 0.1) is 23.2 Å². The Bertz CT molecular complexity index is 567. The summed E-state index contributed by atoms with van der Waals surface area (Å²) in [5, 5.41) is 9.89. The summed E-state index contributed by atoms with van der Waals surface area (Å²) in [7, 11) is 1.57. The molecule has 0 bridgehead atoms. The van der Waals surface area contributed by atoms with Gasteiger partial charge in [0.25, 0.3) is 0 Å². The predicted octanol–water partition coefficient (Wildman–Crippen LogP) is 4.30. The van der Waals surface area contributed by atoms with Crippen LogP contribution < -0.4 is 9.47 Å². The number of aliphatic hydroxyl groups is 1. The van der Waals surface area contributed by atoms with E-state index in [1.165, 1.54) is 0 Å². The Hall–Kier alpha value is -1.52. The van der Waals surface area contributed by atoms with Gasteiger partial charge in [-0.2, -0.15) is 0 Å². The summed E-state index contributed by atoms with van der Waals surface area (Å²) in [5.41, 5.74) is 0.640. The molecule has 0 aromatic heterocycles. The monoisotopic (exact) mass is 322 g/mol. The fourth-order valence-corrected chi connectivity index (χ4v) is 2.21. The molecular weight excluding hydrogens is 308 g/mol. The molecule has 2 aromatic rings. The van der Waals surface area contributed by atoms with E-state index in [1.54, 1.807) is 20.1 Å². The molecular formula is C15H15BrO3. The molecule has 2 rings (SSSR count). The Morgan fingerprint density at radius 2 is 1.63 bits per heavy atom. The van der Waals surface area contributed by atoms with Crippen LogP contribution in [0.25, 0.3) is 0 Å². The number of benzene rings is 2. The third-order valence-corrected chi connectivity index (χ3v) is 3.38. The van der Waals surface area contributed by atoms with Crippen LogP contribution in [0, 0.1) is 0 Å². The van der Waals surface area contributed by atoms with Crippen molar-refractivity contribution in [3.05, 3.63) is 52.5 Å². The molecule has 0 amide bonds. The topological polar surface area (TPSA) is 38.7 Å². The number of para-hydroxylation sites is 1. The molecule has 0 aliphatic carbocycles. The Balaban J connectivity index is 2.43. The molecule has 100 valence electrons. The molecule has 1 atom stereocenters. The standard InChI is InChI=1S/C15H15BrO3/c1-10(17)15-13(18-2)8-5-9-14(15)19-12-7-4-3-6-11(12)16/h3-10,17H,1-2H3. The van der Waals surface area contributed by atoms with Crippen molar-refractivity contribution < 1.29 is 14.6 Å². The molecule has 0 saturated heterocycles. The van der Waals surface area contributed by atoms with Gasteiger partial charge in [0.15, 0.2) is 0 Å². The van der Waals surface area contributed by atoms with E-state index in [1.807, 2.05) is 36.4 Å². The van der Waals surface area contributed by atoms with E-state index in [0.29, 0.717) is 22.8 Å². The maximum atomic E-state index is 9.89. The van der Waals surface area contributed by atoms with Crippen LogP contribution in [0.3, 0.4) is 0 Å². The van der Waals surface area contributed by atoms with Crippen LogP contribution in [0.4, 0.5) is 0 Å². The van der Waals surface area contributed by atoms with Crippen LogP contribution in [-0.2, 0) is 0 Å². The highest BCUT2D eigenvalue weighted by molar-refractivity contribution is 9.10. The second-order valence-electron chi connectivity index (χ2n) is 4.08. The van der Waals surface area contributed by atoms with Gasteiger partial charge in [0.1, 0.15) is 17.2 Å². The third kappa shape index (κ3) is 3.08. The van der Waals surface area contributed by atoms with Crippen molar-refractivity contribution in [2.75, 3.05) is 7.11 Å². The van der Waals surface area contributed by atoms with Crippen molar-refractivity contribution >= 4 is 15.9 Å². The molecule has 0 aliphatic rings. The highest BCUT2D eigenvalue weighted by Gasteiger charge is 2.16. The van der Waals surface area contributed by atoms with Crippen molar-refractivity contribution in [1.82, 2.24) is 0 Å². The molecule has 3 nitrogen and oxygen atoms in total. The number of methoxy groups -OCH3 is 1. The summed E-state index contributed by atoms with van der Waals surface area (Å²) in [4.78, 5) is 0. The first-order chi connectivity index (χ1) is 9.13. The molecule has 0 saturated carbocycles. The lowest BCUT2D eigenvalue weighted by Gasteiger charge is -2.17. The Kier molecular flexibility index (Phi) is 4.45. The number of hydrogen-bond donors (Lipinski definition) is 1. The average Bonchev–Trinajstić information content (AvgIpc) is 2.40. The lowest BCUT2D eigenvalue weighted by Crippen LogP contribution is -2.00. The summed E-state index contributed by atoms with van der Waals surface area (Å²) in [6.45, 7) is 1.69. The van der Waals surface area contributed by atoms with Gasteiger partial charge in [-0.25, -0.2) is 0 Å². The number of hydrogen-bond acceptors (Lipinski definition) is 3. The summed E-state index contributed by atoms with van der Waals surface area (Å²) in [6.07, 6.45) is -0.673. The normalized spacial score (nSPS) is 12.0. The Morgan fingerprint density at radius 3 is 2.26 bits per heavy atom. The summed E-state index contributed by atoms with van der Waals surface area (Å²) >= 11 is 3.43. The molecule has 4 heteroatoms. The van der Waals surface area contributed by atoms with Gasteiger partial charge >= 0.3 is 0 Å². The minimum Gasteiger partial charge on any atom is -0.496 e. The minimum atomic E-state index is -0.673. The molecule has 0 heterocycles. The smallest absolute Gasteiger partial charge is 0.141 e. The fraction of sp³-hybridized carbons (Fsp3) is 0.200. The van der Waals surface area contributed by atoms with Crippen molar-refractivity contribution in [2.24, 2.45) is 0 Å². The largest absolute Gasteiger partial charge is 0.496 e. The van der Waals surface area contributed by atoms with Gasteiger partial charge in [-0.05, 0) is 47.1 Å². The molecule has 19 heavy (non-hydrogen) atoms. The third-order valence-electron chi connectivity index (χ3n) is 2.72. The quantitative estimate of drug-likeness (QED) is 0.911. The number of halogens is 1. The highest BCUT2D eigenvalue weighted by Crippen LogP contribution is 2.38. The van der Waals surface area contributed by atoms with Gasteiger partial charge in [-0.3, -0.25) is 0 Å². The Labute approximate surface area is 120 Å². The van der Waals surface area contributed by atoms with Crippen LogP contribution in [-0.4, -0.2) is 12.2 Å². The second kappa shape index (κ2) is 6.08. The van der Waals surface area contributed by atoms with Crippen LogP contribution >= 0.6 is 15.9 Å². The van der Waals surface area contributed by atoms with Crippen LogP contribution in [0.15, 0.2) is 46.9 Å². The SMILES string of the molecule is COc1cccc(Oc2ccccc2Br)c1C(C)O. The molecule has 0 aliphatic heterocycles. The van der Waals surface area contributed by atoms with Crippen molar-refractivity contribution in [2.45, 2.75) is 13.0 Å². The first-order valence-electron chi connectivity index (χ1n) is 5.91. The molecule has 0 fully saturated rings. The molecule has 1 N–H and O–H groups in total. The maximum absolute atomic E-state index is 9.89. The van der Waals surface area contributed by atoms with Crippen molar-refractivity contribution in [3.63, 3.8) is 0 Å². The number of rotatable bonds is 4. The van der Waals surface area contributed by atoms with Crippen LogP contribution in [0.1, 0.15) is 18.6 Å². The van der Waals surface area contributed by atoms with Crippen molar-refractivity contribution in [3.8, 4) is 17.2 Å². The zero-order valence-electron chi connectivity index (χ0n) is 10.8. The second-order valence-corrected chi connectivity index (χ2v) is 4.93. The fourth-order valence-electron chi connectivity index (χ4n) is 1.85. The van der Waals surface area contributed by atoms with E-state index < -0.39 is 6.10 Å². The van der Waals surface area contributed by atoms with E-state index in [4.69, 9.17) is 9.47 Å². The molecule has 0 spiro atoms. The van der Waals surface area contributed by atoms with Crippen LogP contribution in [0.2, 0.25) is 0 Å². The van der Waals surface area contributed by atoms with Gasteiger partial charge in [0.2, 0.25) is 0 Å². The summed E-state index contributed by atoms with van der Waals surface area (Å²) < 4.78 is 12.0. The number of aliphatic hydroxyl groups excluding tert-OH is 1. The minimum absolute atomic E-state index is 0.584. The van der Waals surface area contributed by atoms with Gasteiger partial charge < -0.3 is 14.6 Å². The molecule has 1 unspecified atom stereocenters. The van der Waals surface area contributed by atoms with Gasteiger partial charge in [0, 0.05) is 0 Å². The molecule has 2 aromatic carbocycles. The highest BCUT2D eigenvalue weighted by atomic mass is 79.9. The van der Waals surface area contributed by atoms with E-state index in [-0.39, 0.29) is 0 Å². The zero-order valence-corrected chi connectivity index (χ0v) is 12.3. The summed E-state index contributed by atoms with van der Waals surface area (Å²) in [5.74, 6) is 1.89. The number of ether oxygens (including phenoxy) is 2. The van der Waals surface area contributed by atoms with Gasteiger partial charge in [-0.1, -0.05) is 18.2 Å². The van der Waals surface area contributed by atoms with E-state index in [2.05, 4.69) is 15.9 Å². The zero-order chi connectivity index (χ0) is 13.8. The maximum Gasteiger partial charge on any atom is 0.141 e. The lowest BCUT2D eigenvalue weighted by molar-refractivity contribution is 0.190. The van der Waals surface area contributed by atoms with E-state index >= 15 is 0 Å². The first-order valence-corrected chi connectivity index (χ1v) is 6.70. The first kappa shape index (κ1) is 13.9. The molecule has 0 radical (unpaired) electrons. The predicted molar refractivity (Wildman–Crippen MR) is 77.8 cm³/mol. The average molecular weight is 323 g/mol. The van der Waals surface area contributed by atoms with E-state index in [0.717, 1.165) is 4.47 Å². The summed E-state index contributed by atoms with van der Waals surface area (Å²) in [6, 6.07) is 13.0. The van der Waals surface area contributed by atoms with Crippen LogP contribution in [0.5, 0.6) is 17.2 Å². The van der Waals surface area contributed by atoms with Crippen molar-refractivity contribution in [1.29, 1.82) is 0 Å². The Morgan fingerprint density at radius 1 is 1.00 bits per heavy atom. The lowest BCUT2D eigenvalue weighted by atomic mass is 10.1.